The molecule has 0 heterocycles. The van der Waals surface area contributed by atoms with Gasteiger partial charge in [0, 0.05) is 17.5 Å². The lowest BCUT2D eigenvalue weighted by molar-refractivity contribution is 0.286. The van der Waals surface area contributed by atoms with Crippen LogP contribution in [0.3, 0.4) is 0 Å². The van der Waals surface area contributed by atoms with Gasteiger partial charge in [0.15, 0.2) is 0 Å². The van der Waals surface area contributed by atoms with Gasteiger partial charge in [-0.05, 0) is 40.9 Å². The average molecular weight is 328 g/mol. The van der Waals surface area contributed by atoms with Gasteiger partial charge in [-0.25, -0.2) is 0 Å². The van der Waals surface area contributed by atoms with Crippen LogP contribution in [0.25, 0.3) is 0 Å². The number of nitrogens with two attached hydrogens (primary N) is 1. The van der Waals surface area contributed by atoms with E-state index in [-0.39, 0.29) is 5.41 Å². The van der Waals surface area contributed by atoms with Crippen LogP contribution < -0.4 is 15.2 Å². The van der Waals surface area contributed by atoms with Crippen LogP contribution in [0, 0.1) is 0 Å². The number of benzene rings is 1. The van der Waals surface area contributed by atoms with Crippen molar-refractivity contribution in [1.29, 1.82) is 0 Å². The van der Waals surface area contributed by atoms with Gasteiger partial charge in [-0.2, -0.15) is 0 Å². The van der Waals surface area contributed by atoms with E-state index in [1.165, 1.54) is 24.8 Å². The normalized spacial score (nSPS) is 18.1. The molecule has 0 spiro atoms. The fourth-order valence-electron chi connectivity index (χ4n) is 3.09. The Bertz CT molecular complexity index is 442. The Morgan fingerprint density at radius 3 is 2.26 bits per heavy atom. The lowest BCUT2D eigenvalue weighted by Gasteiger charge is -2.38. The van der Waals surface area contributed by atoms with E-state index in [0.29, 0.717) is 6.54 Å². The highest BCUT2D eigenvalue weighted by molar-refractivity contribution is 9.10. The zero-order valence-corrected chi connectivity index (χ0v) is 13.3. The van der Waals surface area contributed by atoms with E-state index < -0.39 is 0 Å². The number of hydrogen-bond acceptors (Lipinski definition) is 3. The maximum Gasteiger partial charge on any atom is 0.133 e. The molecule has 1 aromatic rings. The van der Waals surface area contributed by atoms with Crippen molar-refractivity contribution >= 4 is 15.9 Å². The maximum atomic E-state index is 6.12. The second-order valence-electron chi connectivity index (χ2n) is 5.23. The van der Waals surface area contributed by atoms with Crippen LogP contribution in [0.1, 0.15) is 37.7 Å². The molecule has 0 radical (unpaired) electrons. The zero-order valence-electron chi connectivity index (χ0n) is 11.7. The van der Waals surface area contributed by atoms with Gasteiger partial charge in [0.05, 0.1) is 18.7 Å². The molecule has 2 N–H and O–H groups in total. The van der Waals surface area contributed by atoms with Crippen molar-refractivity contribution in [1.82, 2.24) is 0 Å². The van der Waals surface area contributed by atoms with Gasteiger partial charge in [-0.3, -0.25) is 0 Å². The van der Waals surface area contributed by atoms with Gasteiger partial charge < -0.3 is 15.2 Å². The molecule has 1 saturated carbocycles. The van der Waals surface area contributed by atoms with Crippen LogP contribution in [0.5, 0.6) is 11.5 Å². The van der Waals surface area contributed by atoms with E-state index in [9.17, 15) is 0 Å². The van der Waals surface area contributed by atoms with E-state index in [1.807, 2.05) is 6.07 Å². The standard InChI is InChI=1S/C15H22BrNO2/c1-18-13-9-12(16)14(19-2)8-11(13)15(10-17)6-4-3-5-7-15/h8-9H,3-7,10,17H2,1-2H3. The van der Waals surface area contributed by atoms with Gasteiger partial charge in [0.1, 0.15) is 11.5 Å². The zero-order chi connectivity index (χ0) is 13.9. The van der Waals surface area contributed by atoms with Crippen molar-refractivity contribution < 1.29 is 9.47 Å². The van der Waals surface area contributed by atoms with E-state index in [1.54, 1.807) is 14.2 Å². The van der Waals surface area contributed by atoms with Gasteiger partial charge in [-0.1, -0.05) is 19.3 Å². The Morgan fingerprint density at radius 2 is 1.74 bits per heavy atom. The lowest BCUT2D eigenvalue weighted by Crippen LogP contribution is -2.37. The monoisotopic (exact) mass is 327 g/mol. The molecular weight excluding hydrogens is 306 g/mol. The summed E-state index contributed by atoms with van der Waals surface area (Å²) in [6.07, 6.45) is 6.03. The molecule has 0 aromatic heterocycles. The summed E-state index contributed by atoms with van der Waals surface area (Å²) in [6, 6.07) is 4.07. The predicted molar refractivity (Wildman–Crippen MR) is 81.1 cm³/mol. The van der Waals surface area contributed by atoms with Crippen molar-refractivity contribution in [3.63, 3.8) is 0 Å². The molecule has 0 aliphatic heterocycles. The van der Waals surface area contributed by atoms with Crippen molar-refractivity contribution in [2.75, 3.05) is 20.8 Å². The van der Waals surface area contributed by atoms with Crippen molar-refractivity contribution in [3.05, 3.63) is 22.2 Å². The molecular formula is C15H22BrNO2. The third-order valence-corrected chi connectivity index (χ3v) is 4.87. The molecule has 3 nitrogen and oxygen atoms in total. The third kappa shape index (κ3) is 2.75. The molecule has 1 aliphatic carbocycles. The van der Waals surface area contributed by atoms with Crippen molar-refractivity contribution in [3.8, 4) is 11.5 Å². The molecule has 19 heavy (non-hydrogen) atoms. The SMILES string of the molecule is COc1cc(C2(CN)CCCCC2)c(OC)cc1Br. The summed E-state index contributed by atoms with van der Waals surface area (Å²) in [6.45, 7) is 0.661. The number of ether oxygens (including phenoxy) is 2. The molecule has 106 valence electrons. The second-order valence-corrected chi connectivity index (χ2v) is 6.09. The maximum absolute atomic E-state index is 6.12. The Labute approximate surface area is 123 Å². The molecule has 1 fully saturated rings. The Kier molecular flexibility index (Phi) is 4.74. The molecule has 1 aromatic carbocycles. The number of methoxy groups -OCH3 is 2. The quantitative estimate of drug-likeness (QED) is 0.918. The first kappa shape index (κ1) is 14.7. The summed E-state index contributed by atoms with van der Waals surface area (Å²) in [5, 5.41) is 0. The fraction of sp³-hybridized carbons (Fsp3) is 0.600. The van der Waals surface area contributed by atoms with Crippen molar-refractivity contribution in [2.45, 2.75) is 37.5 Å². The highest BCUT2D eigenvalue weighted by Gasteiger charge is 2.35. The van der Waals surface area contributed by atoms with E-state index in [0.717, 1.165) is 28.8 Å². The van der Waals surface area contributed by atoms with Crippen LogP contribution in [0.15, 0.2) is 16.6 Å². The largest absolute Gasteiger partial charge is 0.496 e. The Morgan fingerprint density at radius 1 is 1.11 bits per heavy atom. The first-order valence-electron chi connectivity index (χ1n) is 6.79. The average Bonchev–Trinajstić information content (AvgIpc) is 2.47. The molecule has 0 amide bonds. The van der Waals surface area contributed by atoms with Gasteiger partial charge in [-0.15, -0.1) is 0 Å². The van der Waals surface area contributed by atoms with Gasteiger partial charge >= 0.3 is 0 Å². The second kappa shape index (κ2) is 6.14. The minimum Gasteiger partial charge on any atom is -0.496 e. The molecule has 1 aliphatic rings. The molecule has 2 rings (SSSR count). The first-order chi connectivity index (χ1) is 9.16. The van der Waals surface area contributed by atoms with Crippen molar-refractivity contribution in [2.24, 2.45) is 5.73 Å². The topological polar surface area (TPSA) is 44.5 Å². The van der Waals surface area contributed by atoms with Crippen LogP contribution in [-0.4, -0.2) is 20.8 Å². The predicted octanol–water partition coefficient (Wildman–Crippen LogP) is 3.63. The molecule has 0 saturated heterocycles. The summed E-state index contributed by atoms with van der Waals surface area (Å²) in [5.74, 6) is 1.74. The van der Waals surface area contributed by atoms with Crippen LogP contribution >= 0.6 is 15.9 Å². The minimum atomic E-state index is 0.0393. The molecule has 4 heteroatoms. The number of halogens is 1. The van der Waals surface area contributed by atoms with Crippen LogP contribution in [-0.2, 0) is 5.41 Å². The number of rotatable bonds is 4. The highest BCUT2D eigenvalue weighted by Crippen LogP contribution is 2.45. The summed E-state index contributed by atoms with van der Waals surface area (Å²) >= 11 is 3.51. The molecule has 0 atom stereocenters. The minimum absolute atomic E-state index is 0.0393. The summed E-state index contributed by atoms with van der Waals surface area (Å²) < 4.78 is 11.9. The summed E-state index contributed by atoms with van der Waals surface area (Å²) in [4.78, 5) is 0. The smallest absolute Gasteiger partial charge is 0.133 e. The van der Waals surface area contributed by atoms with Crippen LogP contribution in [0.2, 0.25) is 0 Å². The third-order valence-electron chi connectivity index (χ3n) is 4.25. The Balaban J connectivity index is 2.51. The number of hydrogen-bond donors (Lipinski definition) is 1. The van der Waals surface area contributed by atoms with Gasteiger partial charge in [0.25, 0.3) is 0 Å². The molecule has 0 bridgehead atoms. The molecule has 0 unspecified atom stereocenters. The summed E-state index contributed by atoms with van der Waals surface area (Å²) in [5.41, 5.74) is 7.35. The van der Waals surface area contributed by atoms with Gasteiger partial charge in [0.2, 0.25) is 0 Å². The first-order valence-corrected chi connectivity index (χ1v) is 7.58. The van der Waals surface area contributed by atoms with E-state index in [4.69, 9.17) is 15.2 Å². The Hall–Kier alpha value is -0.740. The highest BCUT2D eigenvalue weighted by atomic mass is 79.9. The van der Waals surface area contributed by atoms with E-state index in [2.05, 4.69) is 22.0 Å². The van der Waals surface area contributed by atoms with E-state index >= 15 is 0 Å². The lowest BCUT2D eigenvalue weighted by atomic mass is 9.69. The van der Waals surface area contributed by atoms with Crippen LogP contribution in [0.4, 0.5) is 0 Å². The fourth-order valence-corrected chi connectivity index (χ4v) is 3.57. The summed E-state index contributed by atoms with van der Waals surface area (Å²) in [7, 11) is 3.40.